The standard InChI is InChI=1S/C17H23NO/c1-13(14-7-3-2-4-8-14)18-11-15-12-19-17-10-6-5-9-16(15)17/h5-6,9-10,12-14,18H,2-4,7-8,11H2,1H3/t13-/m0/s1. The van der Waals surface area contributed by atoms with Crippen LogP contribution in [-0.2, 0) is 6.54 Å². The van der Waals surface area contributed by atoms with Crippen LogP contribution in [0.2, 0.25) is 0 Å². The van der Waals surface area contributed by atoms with E-state index in [9.17, 15) is 0 Å². The van der Waals surface area contributed by atoms with Crippen molar-refractivity contribution in [1.82, 2.24) is 5.32 Å². The first-order valence-corrected chi connectivity index (χ1v) is 7.53. The van der Waals surface area contributed by atoms with Gasteiger partial charge in [0.2, 0.25) is 0 Å². The van der Waals surface area contributed by atoms with E-state index < -0.39 is 0 Å². The average molecular weight is 257 g/mol. The lowest BCUT2D eigenvalue weighted by Crippen LogP contribution is -2.34. The zero-order valence-corrected chi connectivity index (χ0v) is 11.7. The summed E-state index contributed by atoms with van der Waals surface area (Å²) in [4.78, 5) is 0. The Morgan fingerprint density at radius 1 is 1.21 bits per heavy atom. The summed E-state index contributed by atoms with van der Waals surface area (Å²) in [6, 6.07) is 8.87. The zero-order chi connectivity index (χ0) is 13.1. The maximum Gasteiger partial charge on any atom is 0.134 e. The first-order valence-electron chi connectivity index (χ1n) is 7.53. The van der Waals surface area contributed by atoms with Crippen LogP contribution in [0.25, 0.3) is 11.0 Å². The van der Waals surface area contributed by atoms with Crippen LogP contribution in [0.15, 0.2) is 34.9 Å². The minimum Gasteiger partial charge on any atom is -0.464 e. The average Bonchev–Trinajstić information content (AvgIpc) is 2.89. The van der Waals surface area contributed by atoms with Gasteiger partial charge < -0.3 is 9.73 Å². The van der Waals surface area contributed by atoms with Crippen molar-refractivity contribution < 1.29 is 4.42 Å². The van der Waals surface area contributed by atoms with Crippen molar-refractivity contribution in [3.8, 4) is 0 Å². The zero-order valence-electron chi connectivity index (χ0n) is 11.7. The molecule has 0 radical (unpaired) electrons. The SMILES string of the molecule is C[C@H](NCc1coc2ccccc12)C1CCCCC1. The maximum atomic E-state index is 5.59. The Morgan fingerprint density at radius 2 is 2.00 bits per heavy atom. The van der Waals surface area contributed by atoms with Crippen molar-refractivity contribution >= 4 is 11.0 Å². The molecule has 2 heteroatoms. The fourth-order valence-electron chi connectivity index (χ4n) is 3.24. The highest BCUT2D eigenvalue weighted by Gasteiger charge is 2.19. The van der Waals surface area contributed by atoms with Gasteiger partial charge in [-0.2, -0.15) is 0 Å². The van der Waals surface area contributed by atoms with Crippen molar-refractivity contribution in [2.75, 3.05) is 0 Å². The molecule has 1 N–H and O–H groups in total. The second kappa shape index (κ2) is 5.79. The van der Waals surface area contributed by atoms with Gasteiger partial charge in [0, 0.05) is 23.5 Å². The van der Waals surface area contributed by atoms with Gasteiger partial charge in [-0.15, -0.1) is 0 Å². The van der Waals surface area contributed by atoms with Gasteiger partial charge in [-0.3, -0.25) is 0 Å². The molecule has 1 aliphatic rings. The van der Waals surface area contributed by atoms with Crippen molar-refractivity contribution in [1.29, 1.82) is 0 Å². The van der Waals surface area contributed by atoms with Crippen LogP contribution in [0.5, 0.6) is 0 Å². The van der Waals surface area contributed by atoms with Crippen molar-refractivity contribution in [3.63, 3.8) is 0 Å². The summed E-state index contributed by atoms with van der Waals surface area (Å²) >= 11 is 0. The largest absolute Gasteiger partial charge is 0.464 e. The molecule has 1 aliphatic carbocycles. The highest BCUT2D eigenvalue weighted by molar-refractivity contribution is 5.80. The van der Waals surface area contributed by atoms with Gasteiger partial charge in [0.05, 0.1) is 6.26 Å². The van der Waals surface area contributed by atoms with Gasteiger partial charge in [0.15, 0.2) is 0 Å². The van der Waals surface area contributed by atoms with Crippen LogP contribution < -0.4 is 5.32 Å². The summed E-state index contributed by atoms with van der Waals surface area (Å²) in [5, 5.41) is 4.93. The number of nitrogens with one attached hydrogen (secondary N) is 1. The molecule has 102 valence electrons. The lowest BCUT2D eigenvalue weighted by atomic mass is 9.84. The van der Waals surface area contributed by atoms with Gasteiger partial charge in [-0.1, -0.05) is 37.5 Å². The van der Waals surface area contributed by atoms with E-state index >= 15 is 0 Å². The third kappa shape index (κ3) is 2.84. The minimum atomic E-state index is 0.606. The first kappa shape index (κ1) is 12.7. The molecule has 1 atom stereocenters. The van der Waals surface area contributed by atoms with Gasteiger partial charge in [-0.05, 0) is 31.7 Å². The van der Waals surface area contributed by atoms with Gasteiger partial charge in [0.25, 0.3) is 0 Å². The topological polar surface area (TPSA) is 25.2 Å². The third-order valence-electron chi connectivity index (χ3n) is 4.53. The molecule has 0 bridgehead atoms. The van der Waals surface area contributed by atoms with E-state index in [0.717, 1.165) is 18.0 Å². The number of hydrogen-bond acceptors (Lipinski definition) is 2. The molecule has 0 aliphatic heterocycles. The van der Waals surface area contributed by atoms with Gasteiger partial charge in [-0.25, -0.2) is 0 Å². The molecular weight excluding hydrogens is 234 g/mol. The number of benzene rings is 1. The molecule has 1 aromatic carbocycles. The fraction of sp³-hybridized carbons (Fsp3) is 0.529. The summed E-state index contributed by atoms with van der Waals surface area (Å²) in [5.41, 5.74) is 2.27. The monoisotopic (exact) mass is 257 g/mol. The molecule has 1 aromatic heterocycles. The van der Waals surface area contributed by atoms with E-state index in [1.807, 2.05) is 18.4 Å². The quantitative estimate of drug-likeness (QED) is 0.873. The molecule has 0 spiro atoms. The van der Waals surface area contributed by atoms with Crippen LogP contribution in [0, 0.1) is 5.92 Å². The van der Waals surface area contributed by atoms with Crippen LogP contribution in [0.4, 0.5) is 0 Å². The maximum absolute atomic E-state index is 5.59. The number of furan rings is 1. The Kier molecular flexibility index (Phi) is 3.88. The number of hydrogen-bond donors (Lipinski definition) is 1. The Hall–Kier alpha value is -1.28. The van der Waals surface area contributed by atoms with E-state index in [0.29, 0.717) is 6.04 Å². The summed E-state index contributed by atoms with van der Waals surface area (Å²) < 4.78 is 5.59. The van der Waals surface area contributed by atoms with E-state index in [4.69, 9.17) is 4.42 Å². The third-order valence-corrected chi connectivity index (χ3v) is 4.53. The minimum absolute atomic E-state index is 0.606. The highest BCUT2D eigenvalue weighted by atomic mass is 16.3. The second-order valence-electron chi connectivity index (χ2n) is 5.82. The lowest BCUT2D eigenvalue weighted by molar-refractivity contribution is 0.280. The predicted molar refractivity (Wildman–Crippen MR) is 79.1 cm³/mol. The van der Waals surface area contributed by atoms with Gasteiger partial charge >= 0.3 is 0 Å². The van der Waals surface area contributed by atoms with Crippen LogP contribution in [0.3, 0.4) is 0 Å². The van der Waals surface area contributed by atoms with Gasteiger partial charge in [0.1, 0.15) is 5.58 Å². The van der Waals surface area contributed by atoms with E-state index in [-0.39, 0.29) is 0 Å². The predicted octanol–water partition coefficient (Wildman–Crippen LogP) is 4.49. The van der Waals surface area contributed by atoms with Crippen LogP contribution >= 0.6 is 0 Å². The van der Waals surface area contributed by atoms with Crippen molar-refractivity contribution in [2.45, 2.75) is 51.6 Å². The summed E-state index contributed by atoms with van der Waals surface area (Å²) in [6.07, 6.45) is 8.91. The first-order chi connectivity index (χ1) is 9.34. The van der Waals surface area contributed by atoms with Crippen LogP contribution in [0.1, 0.15) is 44.6 Å². The summed E-state index contributed by atoms with van der Waals surface area (Å²) in [5.74, 6) is 0.854. The number of fused-ring (bicyclic) bond motifs is 1. The molecule has 1 fully saturated rings. The molecule has 19 heavy (non-hydrogen) atoms. The Bertz CT molecular complexity index is 525. The summed E-state index contributed by atoms with van der Waals surface area (Å²) in [6.45, 7) is 3.24. The van der Waals surface area contributed by atoms with E-state index in [1.54, 1.807) is 0 Å². The van der Waals surface area contributed by atoms with Crippen molar-refractivity contribution in [2.24, 2.45) is 5.92 Å². The Labute approximate surface area is 115 Å². The fourth-order valence-corrected chi connectivity index (χ4v) is 3.24. The molecule has 0 amide bonds. The lowest BCUT2D eigenvalue weighted by Gasteiger charge is -2.28. The normalized spacial score (nSPS) is 18.8. The number of para-hydroxylation sites is 1. The molecule has 1 saturated carbocycles. The molecule has 3 rings (SSSR count). The molecule has 0 saturated heterocycles. The smallest absolute Gasteiger partial charge is 0.134 e. The van der Waals surface area contributed by atoms with Crippen molar-refractivity contribution in [3.05, 3.63) is 36.1 Å². The molecule has 2 nitrogen and oxygen atoms in total. The molecule has 1 heterocycles. The number of rotatable bonds is 4. The van der Waals surface area contributed by atoms with E-state index in [2.05, 4.69) is 24.4 Å². The summed E-state index contributed by atoms with van der Waals surface area (Å²) in [7, 11) is 0. The molecule has 2 aromatic rings. The second-order valence-corrected chi connectivity index (χ2v) is 5.82. The Morgan fingerprint density at radius 3 is 2.84 bits per heavy atom. The highest BCUT2D eigenvalue weighted by Crippen LogP contribution is 2.27. The molecule has 0 unspecified atom stereocenters. The Balaban J connectivity index is 1.62. The molecular formula is C17H23NO. The van der Waals surface area contributed by atoms with E-state index in [1.165, 1.54) is 43.1 Å². The van der Waals surface area contributed by atoms with Crippen LogP contribution in [-0.4, -0.2) is 6.04 Å².